The molecule has 0 unspecified atom stereocenters. The lowest BCUT2D eigenvalue weighted by Gasteiger charge is -2.35. The van der Waals surface area contributed by atoms with Crippen LogP contribution in [0.25, 0.3) is 0 Å². The predicted molar refractivity (Wildman–Crippen MR) is 125 cm³/mol. The summed E-state index contributed by atoms with van der Waals surface area (Å²) in [7, 11) is 0. The van der Waals surface area contributed by atoms with E-state index >= 15 is 0 Å². The number of likely N-dealkylation sites (tertiary alicyclic amines) is 1. The molecular weight excluding hydrogens is 382 g/mol. The molecule has 0 N–H and O–H groups in total. The van der Waals surface area contributed by atoms with Crippen LogP contribution < -0.4 is 0 Å². The van der Waals surface area contributed by atoms with Gasteiger partial charge >= 0.3 is 0 Å². The highest BCUT2D eigenvalue weighted by atomic mass is 16.2. The second-order valence-electron chi connectivity index (χ2n) is 9.17. The lowest BCUT2D eigenvalue weighted by atomic mass is 9.94. The summed E-state index contributed by atoms with van der Waals surface area (Å²) < 4.78 is 0. The third-order valence-corrected chi connectivity index (χ3v) is 6.79. The molecule has 164 valence electrons. The molecule has 4 nitrogen and oxygen atoms in total. The standard InChI is InChI=1S/C27H35N3O/c1-22-8-5-6-12-26(22)21-29-16-13-23(14-17-29)19-30(20-24-9-7-15-28-18-24)27(31)25-10-3-2-4-11-25/h5-10,12,15,18,23H,2-4,11,13-14,16-17,19-21H2,1H3. The average molecular weight is 418 g/mol. The molecule has 0 spiro atoms. The van der Waals surface area contributed by atoms with E-state index in [-0.39, 0.29) is 5.91 Å². The Bertz CT molecular complexity index is 884. The highest BCUT2D eigenvalue weighted by Gasteiger charge is 2.26. The number of aryl methyl sites for hydroxylation is 1. The number of hydrogen-bond acceptors (Lipinski definition) is 3. The highest BCUT2D eigenvalue weighted by molar-refractivity contribution is 5.93. The van der Waals surface area contributed by atoms with Gasteiger partial charge in [0, 0.05) is 37.6 Å². The SMILES string of the molecule is Cc1ccccc1CN1CCC(CN(Cc2cccnc2)C(=O)C2=CCCCC2)CC1. The van der Waals surface area contributed by atoms with Crippen molar-refractivity contribution < 1.29 is 4.79 Å². The van der Waals surface area contributed by atoms with Gasteiger partial charge in [0.15, 0.2) is 0 Å². The van der Waals surface area contributed by atoms with Crippen molar-refractivity contribution in [1.82, 2.24) is 14.8 Å². The van der Waals surface area contributed by atoms with E-state index in [4.69, 9.17) is 0 Å². The molecule has 1 fully saturated rings. The molecule has 1 aliphatic carbocycles. The molecule has 0 saturated carbocycles. The lowest BCUT2D eigenvalue weighted by molar-refractivity contribution is -0.129. The van der Waals surface area contributed by atoms with Crippen LogP contribution in [0, 0.1) is 12.8 Å². The largest absolute Gasteiger partial charge is 0.334 e. The first kappa shape index (κ1) is 21.8. The minimum Gasteiger partial charge on any atom is -0.334 e. The van der Waals surface area contributed by atoms with Crippen molar-refractivity contribution in [3.63, 3.8) is 0 Å². The zero-order valence-electron chi connectivity index (χ0n) is 18.8. The molecule has 4 rings (SSSR count). The number of amides is 1. The van der Waals surface area contributed by atoms with Gasteiger partial charge in [-0.05, 0) is 87.2 Å². The van der Waals surface area contributed by atoms with Crippen LogP contribution in [0.3, 0.4) is 0 Å². The number of carbonyl (C=O) groups excluding carboxylic acids is 1. The molecule has 1 saturated heterocycles. The Morgan fingerprint density at radius 1 is 1.13 bits per heavy atom. The van der Waals surface area contributed by atoms with E-state index in [1.165, 1.54) is 17.5 Å². The summed E-state index contributed by atoms with van der Waals surface area (Å²) in [5.74, 6) is 0.809. The number of allylic oxidation sites excluding steroid dienone is 1. The van der Waals surface area contributed by atoms with Gasteiger partial charge in [-0.15, -0.1) is 0 Å². The molecule has 0 radical (unpaired) electrons. The topological polar surface area (TPSA) is 36.4 Å². The maximum absolute atomic E-state index is 13.3. The summed E-state index contributed by atoms with van der Waals surface area (Å²) in [6, 6.07) is 12.7. The first-order chi connectivity index (χ1) is 15.2. The van der Waals surface area contributed by atoms with Gasteiger partial charge in [-0.2, -0.15) is 0 Å². The second kappa shape index (κ2) is 10.7. The summed E-state index contributed by atoms with van der Waals surface area (Å²) >= 11 is 0. The summed E-state index contributed by atoms with van der Waals surface area (Å²) in [5, 5.41) is 0. The Labute approximate surface area is 187 Å². The van der Waals surface area contributed by atoms with Crippen LogP contribution in [0.1, 0.15) is 55.2 Å². The highest BCUT2D eigenvalue weighted by Crippen LogP contribution is 2.25. The Balaban J connectivity index is 1.37. The molecule has 0 atom stereocenters. The van der Waals surface area contributed by atoms with Crippen LogP contribution >= 0.6 is 0 Å². The molecule has 2 aromatic rings. The van der Waals surface area contributed by atoms with Gasteiger partial charge < -0.3 is 4.90 Å². The minimum atomic E-state index is 0.242. The van der Waals surface area contributed by atoms with Gasteiger partial charge in [0.25, 0.3) is 0 Å². The van der Waals surface area contributed by atoms with Gasteiger partial charge in [0.1, 0.15) is 0 Å². The molecule has 1 aromatic carbocycles. The van der Waals surface area contributed by atoms with Crippen molar-refractivity contribution >= 4 is 5.91 Å². The molecule has 0 bridgehead atoms. The fourth-order valence-corrected chi connectivity index (χ4v) is 4.83. The van der Waals surface area contributed by atoms with E-state index < -0.39 is 0 Å². The van der Waals surface area contributed by atoms with Crippen molar-refractivity contribution in [2.24, 2.45) is 5.92 Å². The van der Waals surface area contributed by atoms with Crippen molar-refractivity contribution in [3.8, 4) is 0 Å². The molecule has 31 heavy (non-hydrogen) atoms. The van der Waals surface area contributed by atoms with Crippen LogP contribution in [0.2, 0.25) is 0 Å². The summed E-state index contributed by atoms with van der Waals surface area (Å²) in [6.07, 6.45) is 12.5. The predicted octanol–water partition coefficient (Wildman–Crippen LogP) is 5.13. The lowest BCUT2D eigenvalue weighted by Crippen LogP contribution is -2.41. The third-order valence-electron chi connectivity index (χ3n) is 6.79. The van der Waals surface area contributed by atoms with Crippen LogP contribution in [0.15, 0.2) is 60.4 Å². The van der Waals surface area contributed by atoms with Crippen molar-refractivity contribution in [2.45, 2.75) is 58.5 Å². The molecule has 1 aromatic heterocycles. The van der Waals surface area contributed by atoms with E-state index in [1.807, 2.05) is 12.3 Å². The number of rotatable bonds is 7. The summed E-state index contributed by atoms with van der Waals surface area (Å²) in [5.41, 5.74) is 4.94. The number of hydrogen-bond donors (Lipinski definition) is 0. The first-order valence-electron chi connectivity index (χ1n) is 11.8. The number of nitrogens with zero attached hydrogens (tertiary/aromatic N) is 3. The molecular formula is C27H35N3O. The van der Waals surface area contributed by atoms with Crippen LogP contribution in [0.4, 0.5) is 0 Å². The van der Waals surface area contributed by atoms with Gasteiger partial charge in [-0.3, -0.25) is 14.7 Å². The van der Waals surface area contributed by atoms with Gasteiger partial charge in [-0.1, -0.05) is 36.4 Å². The Morgan fingerprint density at radius 2 is 1.97 bits per heavy atom. The maximum atomic E-state index is 13.3. The fourth-order valence-electron chi connectivity index (χ4n) is 4.83. The van der Waals surface area contributed by atoms with Crippen molar-refractivity contribution in [2.75, 3.05) is 19.6 Å². The zero-order chi connectivity index (χ0) is 21.5. The van der Waals surface area contributed by atoms with Crippen LogP contribution in [-0.4, -0.2) is 40.3 Å². The van der Waals surface area contributed by atoms with E-state index in [0.717, 1.165) is 69.4 Å². The summed E-state index contributed by atoms with van der Waals surface area (Å²) in [6.45, 7) is 6.96. The van der Waals surface area contributed by atoms with Crippen LogP contribution in [-0.2, 0) is 17.9 Å². The number of carbonyl (C=O) groups is 1. The molecule has 1 amide bonds. The van der Waals surface area contributed by atoms with Crippen molar-refractivity contribution in [3.05, 3.63) is 77.1 Å². The molecule has 4 heteroatoms. The van der Waals surface area contributed by atoms with E-state index in [1.54, 1.807) is 6.20 Å². The second-order valence-corrected chi connectivity index (χ2v) is 9.17. The van der Waals surface area contributed by atoms with Gasteiger partial charge in [0.2, 0.25) is 5.91 Å². The Morgan fingerprint density at radius 3 is 2.68 bits per heavy atom. The number of piperidine rings is 1. The van der Waals surface area contributed by atoms with Crippen LogP contribution in [0.5, 0.6) is 0 Å². The third kappa shape index (κ3) is 6.04. The Hall–Kier alpha value is -2.46. The van der Waals surface area contributed by atoms with Gasteiger partial charge in [-0.25, -0.2) is 0 Å². The van der Waals surface area contributed by atoms with Crippen molar-refractivity contribution in [1.29, 1.82) is 0 Å². The number of benzene rings is 1. The molecule has 2 aliphatic rings. The number of pyridine rings is 1. The van der Waals surface area contributed by atoms with Gasteiger partial charge in [0.05, 0.1) is 0 Å². The first-order valence-corrected chi connectivity index (χ1v) is 11.8. The van der Waals surface area contributed by atoms with E-state index in [9.17, 15) is 4.79 Å². The smallest absolute Gasteiger partial charge is 0.249 e. The van der Waals surface area contributed by atoms with E-state index in [0.29, 0.717) is 12.5 Å². The maximum Gasteiger partial charge on any atom is 0.249 e. The zero-order valence-corrected chi connectivity index (χ0v) is 18.8. The quantitative estimate of drug-likeness (QED) is 0.626. The van der Waals surface area contributed by atoms with E-state index in [2.05, 4.69) is 58.1 Å². The fraction of sp³-hybridized carbons (Fsp3) is 0.481. The monoisotopic (exact) mass is 417 g/mol. The Kier molecular flexibility index (Phi) is 7.52. The summed E-state index contributed by atoms with van der Waals surface area (Å²) in [4.78, 5) is 22.3. The normalized spacial score (nSPS) is 17.9. The minimum absolute atomic E-state index is 0.242. The number of aromatic nitrogens is 1. The molecule has 1 aliphatic heterocycles. The molecule has 2 heterocycles. The average Bonchev–Trinajstić information content (AvgIpc) is 2.82.